The molecule has 3 atom stereocenters. The van der Waals surface area contributed by atoms with Crippen LogP contribution < -0.4 is 10.7 Å². The number of carbonyl (C=O) groups excluding carboxylic acids is 3. The number of urea groups is 1. The smallest absolute Gasteiger partial charge is 0.344 e. The van der Waals surface area contributed by atoms with E-state index in [1.807, 2.05) is 0 Å². The van der Waals surface area contributed by atoms with Gasteiger partial charge < -0.3 is 10.1 Å². The number of nitrogens with zero attached hydrogens (tertiary/aromatic N) is 3. The van der Waals surface area contributed by atoms with Gasteiger partial charge in [-0.2, -0.15) is 5.01 Å². The summed E-state index contributed by atoms with van der Waals surface area (Å²) >= 11 is 0. The van der Waals surface area contributed by atoms with E-state index in [0.717, 1.165) is 63.3 Å². The normalized spacial score (nSPS) is 31.9. The molecule has 4 aliphatic rings. The Bertz CT molecular complexity index is 685. The van der Waals surface area contributed by atoms with Gasteiger partial charge in [0.15, 0.2) is 0 Å². The highest BCUT2D eigenvalue weighted by Gasteiger charge is 2.52. The second-order valence-electron chi connectivity index (χ2n) is 9.81. The van der Waals surface area contributed by atoms with Gasteiger partial charge >= 0.3 is 6.03 Å². The second-order valence-corrected chi connectivity index (χ2v) is 9.81. The van der Waals surface area contributed by atoms with Crippen LogP contribution in [0.2, 0.25) is 0 Å². The quantitative estimate of drug-likeness (QED) is 0.610. The topological polar surface area (TPSA) is 94.2 Å². The molecule has 3 saturated heterocycles. The van der Waals surface area contributed by atoms with Crippen LogP contribution in [0.5, 0.6) is 0 Å². The number of hydrogen-bond donors (Lipinski definition) is 2. The van der Waals surface area contributed by atoms with Crippen molar-refractivity contribution in [2.45, 2.75) is 89.0 Å². The number of morpholine rings is 1. The van der Waals surface area contributed by atoms with E-state index in [-0.39, 0.29) is 30.4 Å². The van der Waals surface area contributed by atoms with E-state index in [1.165, 1.54) is 0 Å². The Balaban J connectivity index is 1.25. The third-order valence-electron chi connectivity index (χ3n) is 7.19. The van der Waals surface area contributed by atoms with Crippen molar-refractivity contribution in [3.63, 3.8) is 0 Å². The molecule has 1 aliphatic carbocycles. The Morgan fingerprint density at radius 3 is 2.55 bits per heavy atom. The lowest BCUT2D eigenvalue weighted by Crippen LogP contribution is -2.51. The fourth-order valence-electron chi connectivity index (χ4n) is 5.77. The molecule has 0 aromatic carbocycles. The SMILES string of the molecule is CC1CN(CC2CCCN2CCC(=O)NN2C(=O)NC3(CCCCC3)C2=O)CC(C)O1. The summed E-state index contributed by atoms with van der Waals surface area (Å²) in [5.74, 6) is -0.587. The summed E-state index contributed by atoms with van der Waals surface area (Å²) in [7, 11) is 0. The van der Waals surface area contributed by atoms with Crippen molar-refractivity contribution in [3.05, 3.63) is 0 Å². The van der Waals surface area contributed by atoms with Crippen LogP contribution in [0.15, 0.2) is 0 Å². The van der Waals surface area contributed by atoms with Crippen LogP contribution in [0.3, 0.4) is 0 Å². The Kier molecular flexibility index (Phi) is 6.83. The fourth-order valence-corrected chi connectivity index (χ4v) is 5.77. The highest BCUT2D eigenvalue weighted by atomic mass is 16.5. The average Bonchev–Trinajstić information content (AvgIpc) is 3.24. The molecule has 3 heterocycles. The molecule has 0 radical (unpaired) electrons. The molecular weight excluding hydrogens is 398 g/mol. The zero-order valence-corrected chi connectivity index (χ0v) is 18.9. The first-order valence-electron chi connectivity index (χ1n) is 11.9. The van der Waals surface area contributed by atoms with Crippen molar-refractivity contribution < 1.29 is 19.1 Å². The lowest BCUT2D eigenvalue weighted by atomic mass is 9.82. The first kappa shape index (κ1) is 22.5. The van der Waals surface area contributed by atoms with Crippen LogP contribution in [-0.2, 0) is 14.3 Å². The molecule has 9 nitrogen and oxygen atoms in total. The monoisotopic (exact) mass is 435 g/mol. The van der Waals surface area contributed by atoms with E-state index in [0.29, 0.717) is 25.4 Å². The van der Waals surface area contributed by atoms with Gasteiger partial charge in [-0.05, 0) is 46.1 Å². The van der Waals surface area contributed by atoms with Gasteiger partial charge in [-0.3, -0.25) is 24.8 Å². The molecular formula is C22H37N5O4. The Morgan fingerprint density at radius 2 is 1.84 bits per heavy atom. The van der Waals surface area contributed by atoms with Crippen molar-refractivity contribution in [2.24, 2.45) is 0 Å². The van der Waals surface area contributed by atoms with E-state index < -0.39 is 11.6 Å². The molecule has 4 amide bonds. The highest BCUT2D eigenvalue weighted by Crippen LogP contribution is 2.33. The number of nitrogens with one attached hydrogen (secondary N) is 2. The number of imide groups is 1. The maximum absolute atomic E-state index is 12.8. The number of ether oxygens (including phenoxy) is 1. The summed E-state index contributed by atoms with van der Waals surface area (Å²) in [6, 6.07) is -0.0672. The van der Waals surface area contributed by atoms with Gasteiger partial charge in [-0.15, -0.1) is 0 Å². The first-order chi connectivity index (χ1) is 14.9. The molecule has 4 rings (SSSR count). The first-order valence-corrected chi connectivity index (χ1v) is 11.9. The van der Waals surface area contributed by atoms with Crippen LogP contribution in [0.4, 0.5) is 4.79 Å². The number of hydrogen-bond acceptors (Lipinski definition) is 6. The van der Waals surface area contributed by atoms with E-state index in [4.69, 9.17) is 4.74 Å². The van der Waals surface area contributed by atoms with Gasteiger partial charge in [-0.25, -0.2) is 4.79 Å². The molecule has 0 bridgehead atoms. The standard InChI is InChI=1S/C22H37N5O4/c1-16-13-25(14-17(2)31-16)15-18-7-6-11-26(18)12-8-19(28)24-27-20(29)22(23-21(27)30)9-4-3-5-10-22/h16-18H,3-15H2,1-2H3,(H,23,30)(H,24,28). The fraction of sp³-hybridized carbons (Fsp3) is 0.864. The summed E-state index contributed by atoms with van der Waals surface area (Å²) in [4.78, 5) is 42.6. The Hall–Kier alpha value is -1.71. The predicted octanol–water partition coefficient (Wildman–Crippen LogP) is 1.24. The molecule has 31 heavy (non-hydrogen) atoms. The molecule has 174 valence electrons. The Labute approximate surface area is 184 Å². The van der Waals surface area contributed by atoms with Crippen LogP contribution in [0.25, 0.3) is 0 Å². The zero-order chi connectivity index (χ0) is 22.0. The maximum atomic E-state index is 12.8. The van der Waals surface area contributed by atoms with Gasteiger partial charge in [-0.1, -0.05) is 19.3 Å². The molecule has 3 aliphatic heterocycles. The molecule has 0 aromatic heterocycles. The summed E-state index contributed by atoms with van der Waals surface area (Å²) in [6.07, 6.45) is 7.27. The molecule has 0 aromatic rings. The van der Waals surface area contributed by atoms with Gasteiger partial charge in [0.1, 0.15) is 5.54 Å². The summed E-state index contributed by atoms with van der Waals surface area (Å²) < 4.78 is 5.84. The lowest BCUT2D eigenvalue weighted by Gasteiger charge is -2.38. The molecule has 1 saturated carbocycles. The lowest BCUT2D eigenvalue weighted by molar-refractivity contribution is -0.140. The minimum atomic E-state index is -0.810. The third kappa shape index (κ3) is 5.04. The van der Waals surface area contributed by atoms with Gasteiger partial charge in [0.25, 0.3) is 5.91 Å². The maximum Gasteiger partial charge on any atom is 0.344 e. The minimum absolute atomic E-state index is 0.251. The summed E-state index contributed by atoms with van der Waals surface area (Å²) in [5.41, 5.74) is 1.75. The number of amides is 4. The predicted molar refractivity (Wildman–Crippen MR) is 115 cm³/mol. The van der Waals surface area contributed by atoms with Gasteiger partial charge in [0.05, 0.1) is 12.2 Å². The van der Waals surface area contributed by atoms with Crippen LogP contribution in [0.1, 0.15) is 65.2 Å². The second kappa shape index (κ2) is 9.42. The van der Waals surface area contributed by atoms with Crippen LogP contribution in [0, 0.1) is 0 Å². The highest BCUT2D eigenvalue weighted by molar-refractivity contribution is 6.08. The van der Waals surface area contributed by atoms with Crippen LogP contribution in [-0.4, -0.2) is 89.2 Å². The zero-order valence-electron chi connectivity index (χ0n) is 18.9. The molecule has 1 spiro atoms. The van der Waals surface area contributed by atoms with Crippen LogP contribution >= 0.6 is 0 Å². The van der Waals surface area contributed by atoms with Crippen molar-refractivity contribution in [2.75, 3.05) is 32.7 Å². The number of likely N-dealkylation sites (tertiary alicyclic amines) is 1. The van der Waals surface area contributed by atoms with Crippen molar-refractivity contribution >= 4 is 17.8 Å². The third-order valence-corrected chi connectivity index (χ3v) is 7.19. The largest absolute Gasteiger partial charge is 0.373 e. The van der Waals surface area contributed by atoms with Gasteiger partial charge in [0.2, 0.25) is 5.91 Å². The molecule has 3 unspecified atom stereocenters. The summed E-state index contributed by atoms with van der Waals surface area (Å²) in [5, 5.41) is 3.74. The number of carbonyl (C=O) groups is 3. The van der Waals surface area contributed by atoms with Crippen molar-refractivity contribution in [1.82, 2.24) is 25.6 Å². The van der Waals surface area contributed by atoms with E-state index in [1.54, 1.807) is 0 Å². The van der Waals surface area contributed by atoms with Crippen molar-refractivity contribution in [3.8, 4) is 0 Å². The van der Waals surface area contributed by atoms with E-state index >= 15 is 0 Å². The van der Waals surface area contributed by atoms with E-state index in [9.17, 15) is 14.4 Å². The van der Waals surface area contributed by atoms with E-state index in [2.05, 4.69) is 34.4 Å². The molecule has 2 N–H and O–H groups in total. The molecule has 9 heteroatoms. The van der Waals surface area contributed by atoms with Crippen molar-refractivity contribution in [1.29, 1.82) is 0 Å². The molecule has 4 fully saturated rings. The minimum Gasteiger partial charge on any atom is -0.373 e. The number of hydrazine groups is 1. The summed E-state index contributed by atoms with van der Waals surface area (Å²) in [6.45, 7) is 8.75. The Morgan fingerprint density at radius 1 is 1.13 bits per heavy atom. The number of rotatable bonds is 6. The van der Waals surface area contributed by atoms with Gasteiger partial charge in [0, 0.05) is 38.6 Å². The average molecular weight is 436 g/mol.